The molecule has 6 heteroatoms. The smallest absolute Gasteiger partial charge is 0.249 e. The number of amides is 1. The third kappa shape index (κ3) is 6.14. The molecule has 6 nitrogen and oxygen atoms in total. The maximum absolute atomic E-state index is 12.0. The van der Waals surface area contributed by atoms with Crippen molar-refractivity contribution in [1.82, 2.24) is 15.2 Å². The minimum absolute atomic E-state index is 0.108. The summed E-state index contributed by atoms with van der Waals surface area (Å²) < 4.78 is 5.44. The fraction of sp³-hybridized carbons (Fsp3) is 0.579. The number of nitrogens with one attached hydrogen (secondary N) is 1. The summed E-state index contributed by atoms with van der Waals surface area (Å²) >= 11 is 0. The summed E-state index contributed by atoms with van der Waals surface area (Å²) in [5.41, 5.74) is 0.989. The predicted octanol–water partition coefficient (Wildman–Crippen LogP) is 1.82. The van der Waals surface area contributed by atoms with E-state index in [-0.39, 0.29) is 5.91 Å². The van der Waals surface area contributed by atoms with E-state index in [9.17, 15) is 4.79 Å². The Morgan fingerprint density at radius 3 is 2.76 bits per heavy atom. The zero-order chi connectivity index (χ0) is 18.1. The monoisotopic (exact) mass is 346 g/mol. The van der Waals surface area contributed by atoms with Crippen molar-refractivity contribution in [1.29, 1.82) is 0 Å². The number of pyridine rings is 1. The second-order valence-corrected chi connectivity index (χ2v) is 6.25. The van der Waals surface area contributed by atoms with E-state index in [2.05, 4.69) is 33.6 Å². The average Bonchev–Trinajstić information content (AvgIpc) is 2.66. The maximum Gasteiger partial charge on any atom is 0.249 e. The van der Waals surface area contributed by atoms with Crippen LogP contribution in [0.15, 0.2) is 31.0 Å². The molecule has 0 aliphatic carbocycles. The van der Waals surface area contributed by atoms with Crippen LogP contribution in [0.5, 0.6) is 0 Å². The SMILES string of the molecule is C=CCCOC(C)C(=O)NCc1ccc(N2CCN(CC)CC2)nc1. The van der Waals surface area contributed by atoms with Crippen molar-refractivity contribution in [3.63, 3.8) is 0 Å². The second kappa shape index (κ2) is 10.2. The first-order valence-corrected chi connectivity index (χ1v) is 9.06. The lowest BCUT2D eigenvalue weighted by Gasteiger charge is -2.34. The summed E-state index contributed by atoms with van der Waals surface area (Å²) in [6.45, 7) is 13.9. The molecule has 1 fully saturated rings. The van der Waals surface area contributed by atoms with Crippen LogP contribution in [0.25, 0.3) is 0 Å². The molecule has 0 spiro atoms. The first-order chi connectivity index (χ1) is 12.1. The van der Waals surface area contributed by atoms with Crippen LogP contribution in [-0.2, 0) is 16.1 Å². The van der Waals surface area contributed by atoms with E-state index < -0.39 is 6.10 Å². The van der Waals surface area contributed by atoms with Gasteiger partial charge in [0.2, 0.25) is 5.91 Å². The van der Waals surface area contributed by atoms with Crippen LogP contribution in [0.3, 0.4) is 0 Å². The van der Waals surface area contributed by atoms with E-state index in [0.29, 0.717) is 13.2 Å². The van der Waals surface area contributed by atoms with Crippen molar-refractivity contribution >= 4 is 11.7 Å². The fourth-order valence-corrected chi connectivity index (χ4v) is 2.74. The van der Waals surface area contributed by atoms with Gasteiger partial charge in [-0.05, 0) is 31.5 Å². The highest BCUT2D eigenvalue weighted by atomic mass is 16.5. The number of aromatic nitrogens is 1. The summed E-state index contributed by atoms with van der Waals surface area (Å²) in [6.07, 6.45) is 3.91. The molecule has 0 saturated carbocycles. The quantitative estimate of drug-likeness (QED) is 0.546. The maximum atomic E-state index is 12.0. The van der Waals surface area contributed by atoms with Gasteiger partial charge in [-0.2, -0.15) is 0 Å². The van der Waals surface area contributed by atoms with E-state index in [1.54, 1.807) is 13.0 Å². The van der Waals surface area contributed by atoms with Crippen molar-refractivity contribution in [3.8, 4) is 0 Å². The van der Waals surface area contributed by atoms with Gasteiger partial charge in [0.15, 0.2) is 0 Å². The Kier molecular flexibility index (Phi) is 7.88. The van der Waals surface area contributed by atoms with E-state index in [1.807, 2.05) is 18.3 Å². The average molecular weight is 346 g/mol. The zero-order valence-electron chi connectivity index (χ0n) is 15.4. The van der Waals surface area contributed by atoms with E-state index >= 15 is 0 Å². The number of hydrogen-bond acceptors (Lipinski definition) is 5. The zero-order valence-corrected chi connectivity index (χ0v) is 15.4. The Hall–Kier alpha value is -1.92. The molecule has 1 unspecified atom stereocenters. The van der Waals surface area contributed by atoms with Gasteiger partial charge in [-0.1, -0.05) is 19.1 Å². The van der Waals surface area contributed by atoms with Gasteiger partial charge >= 0.3 is 0 Å². The van der Waals surface area contributed by atoms with Crippen LogP contribution < -0.4 is 10.2 Å². The van der Waals surface area contributed by atoms with Crippen molar-refractivity contribution in [2.24, 2.45) is 0 Å². The Labute approximate surface area is 150 Å². The van der Waals surface area contributed by atoms with Crippen molar-refractivity contribution in [3.05, 3.63) is 36.5 Å². The number of anilines is 1. The molecule has 138 valence electrons. The number of hydrogen-bond donors (Lipinski definition) is 1. The number of piperazine rings is 1. The minimum Gasteiger partial charge on any atom is -0.368 e. The lowest BCUT2D eigenvalue weighted by molar-refractivity contribution is -0.131. The third-order valence-corrected chi connectivity index (χ3v) is 4.48. The lowest BCUT2D eigenvalue weighted by Crippen LogP contribution is -2.46. The molecule has 1 saturated heterocycles. The molecule has 1 aromatic heterocycles. The van der Waals surface area contributed by atoms with Crippen LogP contribution in [0.4, 0.5) is 5.82 Å². The van der Waals surface area contributed by atoms with Crippen LogP contribution in [0.2, 0.25) is 0 Å². The number of ether oxygens (including phenoxy) is 1. The molecule has 1 N–H and O–H groups in total. The standard InChI is InChI=1S/C19H30N4O2/c1-4-6-13-25-16(3)19(24)21-15-17-7-8-18(20-14-17)23-11-9-22(5-2)10-12-23/h4,7-8,14,16H,1,5-6,9-13,15H2,2-3H3,(H,21,24). The molecule has 0 aromatic carbocycles. The van der Waals surface area contributed by atoms with Gasteiger partial charge in [0, 0.05) is 38.9 Å². The first-order valence-electron chi connectivity index (χ1n) is 9.06. The van der Waals surface area contributed by atoms with E-state index in [0.717, 1.165) is 50.5 Å². The van der Waals surface area contributed by atoms with Crippen LogP contribution in [0.1, 0.15) is 25.8 Å². The summed E-state index contributed by atoms with van der Waals surface area (Å²) in [5, 5.41) is 2.89. The van der Waals surface area contributed by atoms with Gasteiger partial charge in [-0.25, -0.2) is 4.98 Å². The molecular weight excluding hydrogens is 316 g/mol. The molecule has 1 aromatic rings. The predicted molar refractivity (Wildman–Crippen MR) is 101 cm³/mol. The lowest BCUT2D eigenvalue weighted by atomic mass is 10.2. The molecule has 0 radical (unpaired) electrons. The molecule has 0 bridgehead atoms. The molecule has 1 atom stereocenters. The highest BCUT2D eigenvalue weighted by molar-refractivity contribution is 5.80. The summed E-state index contributed by atoms with van der Waals surface area (Å²) in [7, 11) is 0. The van der Waals surface area contributed by atoms with Crippen molar-refractivity contribution in [2.45, 2.75) is 32.9 Å². The topological polar surface area (TPSA) is 57.7 Å². The number of nitrogens with zero attached hydrogens (tertiary/aromatic N) is 3. The fourth-order valence-electron chi connectivity index (χ4n) is 2.74. The largest absolute Gasteiger partial charge is 0.368 e. The Bertz CT molecular complexity index is 539. The summed E-state index contributed by atoms with van der Waals surface area (Å²) in [6, 6.07) is 4.06. The minimum atomic E-state index is -0.456. The first kappa shape index (κ1) is 19.4. The highest BCUT2D eigenvalue weighted by Crippen LogP contribution is 2.14. The van der Waals surface area contributed by atoms with Crippen molar-refractivity contribution in [2.75, 3.05) is 44.2 Å². The Balaban J connectivity index is 1.76. The molecular formula is C19H30N4O2. The van der Waals surface area contributed by atoms with Gasteiger partial charge in [-0.15, -0.1) is 6.58 Å². The normalized spacial score (nSPS) is 16.5. The van der Waals surface area contributed by atoms with E-state index in [1.165, 1.54) is 0 Å². The van der Waals surface area contributed by atoms with Crippen LogP contribution in [-0.4, -0.2) is 61.2 Å². The van der Waals surface area contributed by atoms with Gasteiger partial charge in [-0.3, -0.25) is 4.79 Å². The molecule has 25 heavy (non-hydrogen) atoms. The Morgan fingerprint density at radius 2 is 2.16 bits per heavy atom. The Morgan fingerprint density at radius 1 is 1.40 bits per heavy atom. The summed E-state index contributed by atoms with van der Waals surface area (Å²) in [5.74, 6) is 0.899. The number of carbonyl (C=O) groups excluding carboxylic acids is 1. The highest BCUT2D eigenvalue weighted by Gasteiger charge is 2.17. The van der Waals surface area contributed by atoms with E-state index in [4.69, 9.17) is 4.74 Å². The van der Waals surface area contributed by atoms with Gasteiger partial charge in [0.25, 0.3) is 0 Å². The van der Waals surface area contributed by atoms with Crippen LogP contribution >= 0.6 is 0 Å². The molecule has 1 aliphatic rings. The number of rotatable bonds is 9. The van der Waals surface area contributed by atoms with Gasteiger partial charge in [0.1, 0.15) is 11.9 Å². The van der Waals surface area contributed by atoms with Gasteiger partial charge < -0.3 is 19.9 Å². The summed E-state index contributed by atoms with van der Waals surface area (Å²) in [4.78, 5) is 21.3. The third-order valence-electron chi connectivity index (χ3n) is 4.48. The van der Waals surface area contributed by atoms with Gasteiger partial charge in [0.05, 0.1) is 6.61 Å². The molecule has 1 amide bonds. The molecule has 2 rings (SSSR count). The number of carbonyl (C=O) groups is 1. The van der Waals surface area contributed by atoms with Crippen molar-refractivity contribution < 1.29 is 9.53 Å². The molecule has 2 heterocycles. The number of likely N-dealkylation sites (N-methyl/N-ethyl adjacent to an activating group) is 1. The van der Waals surface area contributed by atoms with Crippen LogP contribution in [0, 0.1) is 0 Å². The molecule has 1 aliphatic heterocycles. The second-order valence-electron chi connectivity index (χ2n) is 6.25.